The van der Waals surface area contributed by atoms with Gasteiger partial charge < -0.3 is 28.7 Å². The van der Waals surface area contributed by atoms with Crippen molar-refractivity contribution in [2.45, 2.75) is 6.61 Å². The summed E-state index contributed by atoms with van der Waals surface area (Å²) in [4.78, 5) is 24.6. The fraction of sp³-hybridized carbons (Fsp3) is 0.143. The van der Waals surface area contributed by atoms with Crippen molar-refractivity contribution in [1.29, 1.82) is 0 Å². The van der Waals surface area contributed by atoms with Gasteiger partial charge in [0.15, 0.2) is 17.3 Å². The van der Waals surface area contributed by atoms with Crippen molar-refractivity contribution in [1.82, 2.24) is 0 Å². The average Bonchev–Trinajstić information content (AvgIpc) is 3.21. The molecule has 0 saturated heterocycles. The Bertz CT molecular complexity index is 1110. The Hall–Kier alpha value is -3.94. The first-order valence-corrected chi connectivity index (χ1v) is 8.72. The Balaban J connectivity index is 1.42. The van der Waals surface area contributed by atoms with Crippen LogP contribution in [0.1, 0.15) is 16.1 Å². The second-order valence-corrected chi connectivity index (χ2v) is 6.14. The van der Waals surface area contributed by atoms with Crippen LogP contribution in [0.3, 0.4) is 0 Å². The van der Waals surface area contributed by atoms with E-state index < -0.39 is 11.3 Å². The molecule has 0 spiro atoms. The van der Waals surface area contributed by atoms with Gasteiger partial charge in [-0.25, -0.2) is 0 Å². The lowest BCUT2D eigenvalue weighted by molar-refractivity contribution is 0.0993. The Morgan fingerprint density at radius 2 is 1.97 bits per heavy atom. The second kappa shape index (κ2) is 7.97. The fourth-order valence-corrected chi connectivity index (χ4v) is 2.71. The summed E-state index contributed by atoms with van der Waals surface area (Å²) in [5.74, 6) is 1.13. The van der Waals surface area contributed by atoms with Crippen molar-refractivity contribution in [2.75, 3.05) is 19.2 Å². The maximum Gasteiger partial charge on any atom is 0.291 e. The monoisotopic (exact) mass is 395 g/mol. The van der Waals surface area contributed by atoms with E-state index in [4.69, 9.17) is 23.4 Å². The number of benzene rings is 2. The second-order valence-electron chi connectivity index (χ2n) is 6.14. The van der Waals surface area contributed by atoms with E-state index in [-0.39, 0.29) is 24.9 Å². The quantitative estimate of drug-likeness (QED) is 0.685. The van der Waals surface area contributed by atoms with Crippen molar-refractivity contribution >= 4 is 11.6 Å². The molecule has 2 heterocycles. The molecule has 0 bridgehead atoms. The lowest BCUT2D eigenvalue weighted by atomic mass is 10.2. The van der Waals surface area contributed by atoms with Crippen LogP contribution in [0.25, 0.3) is 0 Å². The molecular formula is C21H17NO7. The molecule has 29 heavy (non-hydrogen) atoms. The molecule has 0 aliphatic carbocycles. The third-order valence-electron chi connectivity index (χ3n) is 4.18. The van der Waals surface area contributed by atoms with Crippen molar-refractivity contribution in [2.24, 2.45) is 0 Å². The Kier molecular flexibility index (Phi) is 5.07. The Morgan fingerprint density at radius 1 is 1.10 bits per heavy atom. The van der Waals surface area contributed by atoms with E-state index in [1.54, 1.807) is 31.4 Å². The van der Waals surface area contributed by atoms with Gasteiger partial charge in [-0.2, -0.15) is 0 Å². The minimum atomic E-state index is -0.569. The summed E-state index contributed by atoms with van der Waals surface area (Å²) in [6.45, 7) is 0.295. The molecule has 0 radical (unpaired) electrons. The molecule has 3 aromatic rings. The van der Waals surface area contributed by atoms with Crippen LogP contribution in [0.2, 0.25) is 0 Å². The van der Waals surface area contributed by atoms with Crippen LogP contribution in [0.5, 0.6) is 23.0 Å². The number of rotatable bonds is 6. The number of carbonyl (C=O) groups excluding carboxylic acids is 1. The molecule has 8 heteroatoms. The average molecular weight is 395 g/mol. The lowest BCUT2D eigenvalue weighted by Crippen LogP contribution is -2.15. The maximum absolute atomic E-state index is 12.4. The zero-order valence-electron chi connectivity index (χ0n) is 15.5. The number of fused-ring (bicyclic) bond motifs is 1. The molecule has 0 fully saturated rings. The first-order chi connectivity index (χ1) is 14.1. The SMILES string of the molecule is COc1cccc(COc2coc(C(=O)Nc3ccc4c(c3)OCO4)cc2=O)c1. The molecule has 1 N–H and O–H groups in total. The van der Waals surface area contributed by atoms with Crippen LogP contribution in [-0.4, -0.2) is 19.8 Å². The molecule has 2 aromatic carbocycles. The van der Waals surface area contributed by atoms with Gasteiger partial charge in [0.2, 0.25) is 18.0 Å². The van der Waals surface area contributed by atoms with E-state index in [2.05, 4.69) is 5.32 Å². The first-order valence-electron chi connectivity index (χ1n) is 8.72. The molecule has 1 aromatic heterocycles. The summed E-state index contributed by atoms with van der Waals surface area (Å²) in [5, 5.41) is 2.64. The van der Waals surface area contributed by atoms with Crippen molar-refractivity contribution in [3.8, 4) is 23.0 Å². The smallest absolute Gasteiger partial charge is 0.291 e. The minimum absolute atomic E-state index is 0.00690. The van der Waals surface area contributed by atoms with Crippen molar-refractivity contribution in [3.63, 3.8) is 0 Å². The van der Waals surface area contributed by atoms with Crippen LogP contribution >= 0.6 is 0 Å². The predicted octanol–water partition coefficient (Wildman–Crippen LogP) is 3.21. The van der Waals surface area contributed by atoms with Crippen LogP contribution in [0, 0.1) is 0 Å². The molecule has 0 saturated carbocycles. The zero-order valence-corrected chi connectivity index (χ0v) is 15.5. The van der Waals surface area contributed by atoms with Crippen LogP contribution in [0.4, 0.5) is 5.69 Å². The number of ether oxygens (including phenoxy) is 4. The molecule has 0 unspecified atom stereocenters. The van der Waals surface area contributed by atoms with Gasteiger partial charge in [-0.15, -0.1) is 0 Å². The maximum atomic E-state index is 12.4. The molecule has 1 aliphatic heterocycles. The standard InChI is InChI=1S/C21H17NO7/c1-25-15-4-2-3-13(7-15)10-26-20-11-27-19(9-16(20)23)21(24)22-14-5-6-17-18(8-14)29-12-28-17/h2-9,11H,10,12H2,1H3,(H,22,24). The summed E-state index contributed by atoms with van der Waals surface area (Å²) in [6, 6.07) is 13.3. The summed E-state index contributed by atoms with van der Waals surface area (Å²) < 4.78 is 26.4. The van der Waals surface area contributed by atoms with E-state index in [1.165, 1.54) is 0 Å². The highest BCUT2D eigenvalue weighted by Crippen LogP contribution is 2.34. The van der Waals surface area contributed by atoms with Gasteiger partial charge in [-0.05, 0) is 29.8 Å². The Labute approximate surface area is 165 Å². The highest BCUT2D eigenvalue weighted by molar-refractivity contribution is 6.02. The highest BCUT2D eigenvalue weighted by Gasteiger charge is 2.16. The lowest BCUT2D eigenvalue weighted by Gasteiger charge is -2.08. The van der Waals surface area contributed by atoms with Crippen molar-refractivity contribution in [3.05, 3.63) is 76.3 Å². The molecule has 4 rings (SSSR count). The van der Waals surface area contributed by atoms with Crippen LogP contribution < -0.4 is 29.7 Å². The third-order valence-corrected chi connectivity index (χ3v) is 4.18. The van der Waals surface area contributed by atoms with E-state index in [0.29, 0.717) is 22.9 Å². The summed E-state index contributed by atoms with van der Waals surface area (Å²) in [6.07, 6.45) is 1.12. The van der Waals surface area contributed by atoms with Crippen LogP contribution in [-0.2, 0) is 6.61 Å². The number of amides is 1. The number of hydrogen-bond donors (Lipinski definition) is 1. The van der Waals surface area contributed by atoms with Gasteiger partial charge in [0.1, 0.15) is 18.6 Å². The van der Waals surface area contributed by atoms with E-state index in [1.807, 2.05) is 18.2 Å². The third kappa shape index (κ3) is 4.16. The van der Waals surface area contributed by atoms with E-state index in [9.17, 15) is 9.59 Å². The molecule has 148 valence electrons. The number of carbonyl (C=O) groups is 1. The van der Waals surface area contributed by atoms with Crippen LogP contribution in [0.15, 0.2) is 64.0 Å². The number of methoxy groups -OCH3 is 1. The van der Waals surface area contributed by atoms with Gasteiger partial charge in [0.05, 0.1) is 7.11 Å². The minimum Gasteiger partial charge on any atom is -0.497 e. The normalized spacial score (nSPS) is 11.8. The van der Waals surface area contributed by atoms with Gasteiger partial charge in [-0.1, -0.05) is 12.1 Å². The summed E-state index contributed by atoms with van der Waals surface area (Å²) >= 11 is 0. The highest BCUT2D eigenvalue weighted by atomic mass is 16.7. The zero-order chi connectivity index (χ0) is 20.2. The molecule has 1 amide bonds. The number of hydrogen-bond acceptors (Lipinski definition) is 7. The molecule has 1 aliphatic rings. The topological polar surface area (TPSA) is 96.2 Å². The van der Waals surface area contributed by atoms with E-state index >= 15 is 0 Å². The predicted molar refractivity (Wildman–Crippen MR) is 103 cm³/mol. The van der Waals surface area contributed by atoms with Gasteiger partial charge in [0.25, 0.3) is 5.91 Å². The summed E-state index contributed by atoms with van der Waals surface area (Å²) in [5.41, 5.74) is 0.851. The number of anilines is 1. The van der Waals surface area contributed by atoms with Gasteiger partial charge in [0, 0.05) is 17.8 Å². The fourth-order valence-electron chi connectivity index (χ4n) is 2.71. The molecule has 0 atom stereocenters. The van der Waals surface area contributed by atoms with Gasteiger partial charge in [-0.3, -0.25) is 9.59 Å². The summed E-state index contributed by atoms with van der Waals surface area (Å²) in [7, 11) is 1.57. The molecular weight excluding hydrogens is 378 g/mol. The molecule has 8 nitrogen and oxygen atoms in total. The Morgan fingerprint density at radius 3 is 2.79 bits per heavy atom. The first kappa shape index (κ1) is 18.4. The van der Waals surface area contributed by atoms with Crippen molar-refractivity contribution < 1.29 is 28.2 Å². The largest absolute Gasteiger partial charge is 0.497 e. The van der Waals surface area contributed by atoms with E-state index in [0.717, 1.165) is 17.9 Å². The number of nitrogens with one attached hydrogen (secondary N) is 1. The van der Waals surface area contributed by atoms with Gasteiger partial charge >= 0.3 is 0 Å².